The maximum atomic E-state index is 11.9. The fraction of sp³-hybridized carbons (Fsp3) is 0.462. The minimum Gasteiger partial charge on any atom is -0.485 e. The van der Waals surface area contributed by atoms with Gasteiger partial charge in [0.1, 0.15) is 12.1 Å². The lowest BCUT2D eigenvalue weighted by Crippen LogP contribution is -2.42. The van der Waals surface area contributed by atoms with Crippen molar-refractivity contribution in [2.45, 2.75) is 24.9 Å². The first-order valence-corrected chi connectivity index (χ1v) is 8.43. The van der Waals surface area contributed by atoms with Crippen LogP contribution in [0.1, 0.15) is 6.92 Å². The fourth-order valence-electron chi connectivity index (χ4n) is 2.37. The zero-order valence-electron chi connectivity index (χ0n) is 12.3. The highest BCUT2D eigenvalue weighted by molar-refractivity contribution is 7.90. The molecular weight excluding hydrogens is 308 g/mol. The molecule has 1 aliphatic heterocycles. The highest BCUT2D eigenvalue weighted by atomic mass is 32.2. The molecule has 8 nitrogen and oxygen atoms in total. The molecule has 2 aromatic rings. The third-order valence-electron chi connectivity index (χ3n) is 3.44. The Balaban J connectivity index is 2.09. The molecular formula is C13H18N4O4S. The molecule has 3 rings (SSSR count). The molecule has 0 unspecified atom stereocenters. The Bertz CT molecular complexity index is 800. The minimum atomic E-state index is -3.60. The van der Waals surface area contributed by atoms with E-state index in [1.54, 1.807) is 16.9 Å². The third-order valence-corrected chi connectivity index (χ3v) is 4.93. The highest BCUT2D eigenvalue weighted by Gasteiger charge is 2.33. The monoisotopic (exact) mass is 326 g/mol. The molecule has 0 fully saturated rings. The van der Waals surface area contributed by atoms with Crippen molar-refractivity contribution in [2.24, 2.45) is 5.73 Å². The van der Waals surface area contributed by atoms with Crippen LogP contribution in [-0.4, -0.2) is 43.3 Å². The van der Waals surface area contributed by atoms with Crippen LogP contribution in [-0.2, 0) is 16.6 Å². The van der Waals surface area contributed by atoms with E-state index in [0.29, 0.717) is 23.6 Å². The minimum absolute atomic E-state index is 0.0664. The normalized spacial score (nSPS) is 19.3. The maximum Gasteiger partial charge on any atom is 0.253 e. The molecule has 2 atom stereocenters. The molecule has 0 saturated heterocycles. The number of sulfonamides is 1. The van der Waals surface area contributed by atoms with Crippen molar-refractivity contribution in [3.63, 3.8) is 0 Å². The summed E-state index contributed by atoms with van der Waals surface area (Å²) in [6, 6.07) is 3.51. The summed E-state index contributed by atoms with van der Waals surface area (Å²) in [4.78, 5) is 0. The standard InChI is InChI=1S/C13H18N4O4S/c1-8(14)6-17-12-9(5-16-17)3-4-10-13(12)21-11(7-20-10)22(18,19)15-2/h3-5,8,11,15H,6-7,14H2,1-2H3/t8-,11-/m0/s1. The van der Waals surface area contributed by atoms with Gasteiger partial charge in [0.2, 0.25) is 5.44 Å². The Morgan fingerprint density at radius 2 is 2.32 bits per heavy atom. The number of aromatic nitrogens is 2. The Kier molecular flexibility index (Phi) is 3.71. The van der Waals surface area contributed by atoms with Gasteiger partial charge >= 0.3 is 0 Å². The molecule has 2 heterocycles. The Morgan fingerprint density at radius 1 is 1.55 bits per heavy atom. The molecule has 0 aliphatic carbocycles. The van der Waals surface area contributed by atoms with Crippen molar-refractivity contribution in [3.8, 4) is 11.5 Å². The van der Waals surface area contributed by atoms with Gasteiger partial charge in [0.05, 0.1) is 12.7 Å². The summed E-state index contributed by atoms with van der Waals surface area (Å²) in [5.74, 6) is 0.882. The van der Waals surface area contributed by atoms with Gasteiger partial charge in [-0.3, -0.25) is 4.68 Å². The first kappa shape index (κ1) is 15.1. The van der Waals surface area contributed by atoms with Crippen molar-refractivity contribution in [3.05, 3.63) is 18.3 Å². The van der Waals surface area contributed by atoms with Crippen LogP contribution in [0.15, 0.2) is 18.3 Å². The zero-order chi connectivity index (χ0) is 15.9. The largest absolute Gasteiger partial charge is 0.485 e. The van der Waals surface area contributed by atoms with Crippen molar-refractivity contribution >= 4 is 20.9 Å². The summed E-state index contributed by atoms with van der Waals surface area (Å²) in [5.41, 5.74) is 5.41. The quantitative estimate of drug-likeness (QED) is 0.820. The Labute approximate surface area is 128 Å². The number of ether oxygens (including phenoxy) is 2. The van der Waals surface area contributed by atoms with Crippen LogP contribution < -0.4 is 19.9 Å². The van der Waals surface area contributed by atoms with Crippen LogP contribution in [0.3, 0.4) is 0 Å². The number of nitrogens with one attached hydrogen (secondary N) is 1. The Morgan fingerprint density at radius 3 is 3.00 bits per heavy atom. The summed E-state index contributed by atoms with van der Waals surface area (Å²) in [5, 5.41) is 5.13. The summed E-state index contributed by atoms with van der Waals surface area (Å²) in [6.07, 6.45) is 1.69. The number of hydrogen-bond acceptors (Lipinski definition) is 6. The van der Waals surface area contributed by atoms with E-state index in [2.05, 4.69) is 9.82 Å². The van der Waals surface area contributed by atoms with E-state index < -0.39 is 15.5 Å². The lowest BCUT2D eigenvalue weighted by Gasteiger charge is -2.26. The average molecular weight is 326 g/mol. The first-order chi connectivity index (χ1) is 10.4. The fourth-order valence-corrected chi connectivity index (χ4v) is 3.11. The molecule has 3 N–H and O–H groups in total. The highest BCUT2D eigenvalue weighted by Crippen LogP contribution is 2.39. The van der Waals surface area contributed by atoms with Gasteiger partial charge in [-0.25, -0.2) is 13.1 Å². The van der Waals surface area contributed by atoms with Crippen LogP contribution in [0.2, 0.25) is 0 Å². The van der Waals surface area contributed by atoms with E-state index >= 15 is 0 Å². The van der Waals surface area contributed by atoms with E-state index in [4.69, 9.17) is 15.2 Å². The summed E-state index contributed by atoms with van der Waals surface area (Å²) < 4.78 is 39.1. The van der Waals surface area contributed by atoms with Crippen molar-refractivity contribution in [1.82, 2.24) is 14.5 Å². The van der Waals surface area contributed by atoms with Gasteiger partial charge in [0, 0.05) is 11.4 Å². The first-order valence-electron chi connectivity index (χ1n) is 6.88. The van der Waals surface area contributed by atoms with E-state index in [-0.39, 0.29) is 12.6 Å². The second-order valence-corrected chi connectivity index (χ2v) is 7.27. The van der Waals surface area contributed by atoms with Crippen LogP contribution in [0.4, 0.5) is 0 Å². The van der Waals surface area contributed by atoms with Crippen LogP contribution in [0.5, 0.6) is 11.5 Å². The molecule has 1 aliphatic rings. The van der Waals surface area contributed by atoms with Crippen molar-refractivity contribution in [2.75, 3.05) is 13.7 Å². The summed E-state index contributed by atoms with van der Waals surface area (Å²) >= 11 is 0. The molecule has 1 aromatic carbocycles. The van der Waals surface area contributed by atoms with E-state index in [1.165, 1.54) is 7.05 Å². The van der Waals surface area contributed by atoms with E-state index in [1.807, 2.05) is 13.0 Å². The molecule has 0 bridgehead atoms. The zero-order valence-corrected chi connectivity index (χ0v) is 13.1. The molecule has 22 heavy (non-hydrogen) atoms. The molecule has 120 valence electrons. The number of rotatable bonds is 4. The summed E-state index contributed by atoms with van der Waals surface area (Å²) in [6.45, 7) is 2.30. The predicted molar refractivity (Wildman–Crippen MR) is 81.3 cm³/mol. The smallest absolute Gasteiger partial charge is 0.253 e. The van der Waals surface area contributed by atoms with Gasteiger partial charge in [-0.15, -0.1) is 0 Å². The number of benzene rings is 1. The number of nitrogens with two attached hydrogens (primary N) is 1. The van der Waals surface area contributed by atoms with Crippen molar-refractivity contribution in [1.29, 1.82) is 0 Å². The third kappa shape index (κ3) is 2.51. The lowest BCUT2D eigenvalue weighted by molar-refractivity contribution is 0.142. The molecule has 0 saturated carbocycles. The second-order valence-electron chi connectivity index (χ2n) is 5.24. The maximum absolute atomic E-state index is 11.9. The van der Waals surface area contributed by atoms with E-state index in [0.717, 1.165) is 5.39 Å². The molecule has 0 radical (unpaired) electrons. The summed E-state index contributed by atoms with van der Waals surface area (Å²) in [7, 11) is -2.26. The lowest BCUT2D eigenvalue weighted by atomic mass is 10.2. The molecule has 0 amide bonds. The van der Waals surface area contributed by atoms with E-state index in [9.17, 15) is 8.42 Å². The number of hydrogen-bond donors (Lipinski definition) is 2. The topological polar surface area (TPSA) is 108 Å². The predicted octanol–water partition coefficient (Wildman–Crippen LogP) is 0.0300. The van der Waals surface area contributed by atoms with Crippen LogP contribution in [0, 0.1) is 0 Å². The number of nitrogens with zero attached hydrogens (tertiary/aromatic N) is 2. The van der Waals surface area contributed by atoms with Crippen LogP contribution >= 0.6 is 0 Å². The van der Waals surface area contributed by atoms with Gasteiger partial charge in [-0.05, 0) is 26.1 Å². The van der Waals surface area contributed by atoms with Gasteiger partial charge in [-0.2, -0.15) is 5.10 Å². The molecule has 0 spiro atoms. The van der Waals surface area contributed by atoms with Gasteiger partial charge in [0.25, 0.3) is 10.0 Å². The van der Waals surface area contributed by atoms with Gasteiger partial charge in [0.15, 0.2) is 11.5 Å². The van der Waals surface area contributed by atoms with Crippen molar-refractivity contribution < 1.29 is 17.9 Å². The molecule has 1 aromatic heterocycles. The van der Waals surface area contributed by atoms with Gasteiger partial charge in [-0.1, -0.05) is 0 Å². The van der Waals surface area contributed by atoms with Gasteiger partial charge < -0.3 is 15.2 Å². The Hall–Kier alpha value is -1.84. The second kappa shape index (κ2) is 5.41. The average Bonchev–Trinajstić information content (AvgIpc) is 2.89. The number of fused-ring (bicyclic) bond motifs is 3. The SMILES string of the molecule is CNS(=O)(=O)[C@H]1COc2ccc3cnn(C[C@H](C)N)c3c2O1. The molecule has 9 heteroatoms. The van der Waals surface area contributed by atoms with Crippen LogP contribution in [0.25, 0.3) is 10.9 Å².